The average Bonchev–Trinajstić information content (AvgIpc) is 3.07. The van der Waals surface area contributed by atoms with Gasteiger partial charge in [0.1, 0.15) is 5.82 Å². The number of hydrogen-bond acceptors (Lipinski definition) is 4. The first kappa shape index (κ1) is 10.3. The predicted molar refractivity (Wildman–Crippen MR) is 74.2 cm³/mol. The summed E-state index contributed by atoms with van der Waals surface area (Å²) in [4.78, 5) is 2.46. The van der Waals surface area contributed by atoms with Crippen molar-refractivity contribution >= 4 is 23.1 Å². The van der Waals surface area contributed by atoms with Crippen molar-refractivity contribution in [1.82, 2.24) is 14.8 Å². The van der Waals surface area contributed by atoms with Crippen LogP contribution in [0.4, 0.5) is 0 Å². The number of para-hydroxylation sites is 1. The van der Waals surface area contributed by atoms with E-state index in [0.29, 0.717) is 0 Å². The van der Waals surface area contributed by atoms with Gasteiger partial charge in [0.25, 0.3) is 0 Å². The summed E-state index contributed by atoms with van der Waals surface area (Å²) in [6, 6.07) is 12.6. The van der Waals surface area contributed by atoms with E-state index >= 15 is 0 Å². The monoisotopic (exact) mass is 271 g/mol. The van der Waals surface area contributed by atoms with Gasteiger partial charge in [-0.1, -0.05) is 18.2 Å². The molecule has 1 aliphatic rings. The molecule has 0 saturated heterocycles. The Morgan fingerprint density at radius 1 is 1.06 bits per heavy atom. The lowest BCUT2D eigenvalue weighted by atomic mass is 10.3. The molecule has 2 aromatic heterocycles. The number of fused-ring (bicyclic) bond motifs is 3. The van der Waals surface area contributed by atoms with Gasteiger partial charge in [-0.2, -0.15) is 0 Å². The van der Waals surface area contributed by atoms with Crippen LogP contribution < -0.4 is 0 Å². The van der Waals surface area contributed by atoms with Crippen LogP contribution >= 0.6 is 23.1 Å². The van der Waals surface area contributed by atoms with Gasteiger partial charge in [0.2, 0.25) is 0 Å². The molecule has 1 aromatic carbocycles. The molecule has 18 heavy (non-hydrogen) atoms. The van der Waals surface area contributed by atoms with E-state index in [1.165, 1.54) is 10.6 Å². The van der Waals surface area contributed by atoms with Gasteiger partial charge < -0.3 is 0 Å². The molecule has 0 spiro atoms. The Bertz CT molecular complexity index is 701. The number of aromatic nitrogens is 3. The van der Waals surface area contributed by atoms with Gasteiger partial charge in [0.15, 0.2) is 5.82 Å². The van der Waals surface area contributed by atoms with Crippen LogP contribution in [0.25, 0.3) is 16.4 Å². The van der Waals surface area contributed by atoms with Crippen LogP contribution in [0.5, 0.6) is 0 Å². The van der Waals surface area contributed by atoms with Crippen molar-refractivity contribution in [2.45, 2.75) is 10.6 Å². The smallest absolute Gasteiger partial charge is 0.178 e. The van der Waals surface area contributed by atoms with Crippen molar-refractivity contribution in [1.29, 1.82) is 0 Å². The molecule has 0 aliphatic carbocycles. The summed E-state index contributed by atoms with van der Waals surface area (Å²) in [5, 5.41) is 10.7. The highest BCUT2D eigenvalue weighted by Crippen LogP contribution is 2.37. The van der Waals surface area contributed by atoms with E-state index in [4.69, 9.17) is 0 Å². The molecule has 0 atom stereocenters. The zero-order chi connectivity index (χ0) is 11.9. The fourth-order valence-corrected chi connectivity index (χ4v) is 3.79. The van der Waals surface area contributed by atoms with E-state index in [1.54, 1.807) is 11.3 Å². The average molecular weight is 271 g/mol. The maximum absolute atomic E-state index is 4.35. The van der Waals surface area contributed by atoms with Gasteiger partial charge in [-0.15, -0.1) is 33.3 Å². The largest absolute Gasteiger partial charge is 0.276 e. The maximum Gasteiger partial charge on any atom is 0.178 e. The number of rotatable bonds is 1. The van der Waals surface area contributed by atoms with Crippen molar-refractivity contribution in [3.05, 3.63) is 47.6 Å². The molecule has 0 N–H and O–H groups in total. The first-order valence-corrected chi connectivity index (χ1v) is 7.50. The van der Waals surface area contributed by atoms with Crippen LogP contribution in [0.2, 0.25) is 0 Å². The summed E-state index contributed by atoms with van der Waals surface area (Å²) in [6.07, 6.45) is 0. The molecule has 3 nitrogen and oxygen atoms in total. The molecule has 0 saturated carbocycles. The van der Waals surface area contributed by atoms with E-state index in [9.17, 15) is 0 Å². The second kappa shape index (κ2) is 3.96. The van der Waals surface area contributed by atoms with Gasteiger partial charge in [0, 0.05) is 4.90 Å². The molecule has 4 rings (SSSR count). The van der Waals surface area contributed by atoms with E-state index in [1.807, 2.05) is 17.8 Å². The molecule has 0 radical (unpaired) electrons. The van der Waals surface area contributed by atoms with Crippen LogP contribution in [0.3, 0.4) is 0 Å². The summed E-state index contributed by atoms with van der Waals surface area (Å²) in [5.74, 6) is 2.87. The van der Waals surface area contributed by atoms with Gasteiger partial charge >= 0.3 is 0 Å². The lowest BCUT2D eigenvalue weighted by Gasteiger charge is -2.18. The third-order valence-electron chi connectivity index (χ3n) is 2.93. The third-order valence-corrected chi connectivity index (χ3v) is 4.86. The molecule has 1 aliphatic heterocycles. The highest BCUT2D eigenvalue weighted by Gasteiger charge is 2.22. The second-order valence-corrected chi connectivity index (χ2v) is 5.97. The zero-order valence-electron chi connectivity index (χ0n) is 9.41. The van der Waals surface area contributed by atoms with Gasteiger partial charge in [-0.25, -0.2) is 0 Å². The maximum atomic E-state index is 4.35. The normalized spacial score (nSPS) is 13.1. The number of benzene rings is 1. The highest BCUT2D eigenvalue weighted by atomic mass is 32.2. The van der Waals surface area contributed by atoms with E-state index in [2.05, 4.69) is 50.5 Å². The topological polar surface area (TPSA) is 30.7 Å². The van der Waals surface area contributed by atoms with Gasteiger partial charge in [-0.05, 0) is 23.6 Å². The molecule has 0 amide bonds. The second-order valence-electron chi connectivity index (χ2n) is 4.01. The van der Waals surface area contributed by atoms with Crippen molar-refractivity contribution in [2.75, 3.05) is 0 Å². The number of nitrogens with zero attached hydrogens (tertiary/aromatic N) is 3. The summed E-state index contributed by atoms with van der Waals surface area (Å²) >= 11 is 3.52. The molecular weight excluding hydrogens is 262 g/mol. The highest BCUT2D eigenvalue weighted by molar-refractivity contribution is 7.98. The van der Waals surface area contributed by atoms with Crippen LogP contribution in [-0.2, 0) is 5.75 Å². The number of thiophene rings is 1. The minimum absolute atomic E-state index is 0.884. The van der Waals surface area contributed by atoms with Crippen LogP contribution in [0.15, 0.2) is 46.7 Å². The SMILES string of the molecule is c1csc(-c2nnc3n2-c2ccccc2SC3)c1. The molecule has 3 aromatic rings. The van der Waals surface area contributed by atoms with Crippen LogP contribution in [0, 0.1) is 0 Å². The minimum Gasteiger partial charge on any atom is -0.276 e. The summed E-state index contributed by atoms with van der Waals surface area (Å²) in [5.41, 5.74) is 1.19. The summed E-state index contributed by atoms with van der Waals surface area (Å²) < 4.78 is 2.18. The molecule has 0 unspecified atom stereocenters. The summed E-state index contributed by atoms with van der Waals surface area (Å²) in [7, 11) is 0. The Morgan fingerprint density at radius 3 is 2.89 bits per heavy atom. The fraction of sp³-hybridized carbons (Fsp3) is 0.0769. The number of hydrogen-bond donors (Lipinski definition) is 0. The Morgan fingerprint density at radius 2 is 2.00 bits per heavy atom. The van der Waals surface area contributed by atoms with E-state index in [0.717, 1.165) is 22.3 Å². The van der Waals surface area contributed by atoms with Crippen LogP contribution in [0.1, 0.15) is 5.82 Å². The first-order valence-electron chi connectivity index (χ1n) is 5.64. The molecule has 5 heteroatoms. The zero-order valence-corrected chi connectivity index (χ0v) is 11.0. The minimum atomic E-state index is 0.884. The lowest BCUT2D eigenvalue weighted by molar-refractivity contribution is 0.923. The van der Waals surface area contributed by atoms with E-state index < -0.39 is 0 Å². The Kier molecular flexibility index (Phi) is 2.28. The third kappa shape index (κ3) is 1.44. The quantitative estimate of drug-likeness (QED) is 0.677. The molecular formula is C13H9N3S2. The molecule has 3 heterocycles. The summed E-state index contributed by atoms with van der Waals surface area (Å²) in [6.45, 7) is 0. The number of thioether (sulfide) groups is 1. The Hall–Kier alpha value is -1.59. The van der Waals surface area contributed by atoms with Crippen molar-refractivity contribution < 1.29 is 0 Å². The lowest BCUT2D eigenvalue weighted by Crippen LogP contribution is -2.07. The standard InChI is InChI=1S/C13H9N3S2/c1-2-5-10-9(4-1)16-12(8-18-10)14-15-13(16)11-6-3-7-17-11/h1-7H,8H2. The Labute approximate surface area is 112 Å². The predicted octanol–water partition coefficient (Wildman–Crippen LogP) is 3.60. The molecule has 88 valence electrons. The van der Waals surface area contributed by atoms with Gasteiger partial charge in [-0.3, -0.25) is 4.57 Å². The van der Waals surface area contributed by atoms with Crippen molar-refractivity contribution in [3.63, 3.8) is 0 Å². The Balaban J connectivity index is 2.00. The molecule has 0 fully saturated rings. The molecule has 0 bridgehead atoms. The van der Waals surface area contributed by atoms with Crippen molar-refractivity contribution in [3.8, 4) is 16.4 Å². The first-order chi connectivity index (χ1) is 8.93. The van der Waals surface area contributed by atoms with Crippen LogP contribution in [-0.4, -0.2) is 14.8 Å². The van der Waals surface area contributed by atoms with Gasteiger partial charge in [0.05, 0.1) is 16.3 Å². The van der Waals surface area contributed by atoms with Crippen molar-refractivity contribution in [2.24, 2.45) is 0 Å². The van der Waals surface area contributed by atoms with E-state index in [-0.39, 0.29) is 0 Å². The fourth-order valence-electron chi connectivity index (χ4n) is 2.13.